The van der Waals surface area contributed by atoms with Crippen molar-refractivity contribution >= 4 is 6.29 Å². The van der Waals surface area contributed by atoms with E-state index in [1.54, 1.807) is 0 Å². The Bertz CT molecular complexity index is 207. The molecule has 0 aromatic carbocycles. The fourth-order valence-corrected chi connectivity index (χ4v) is 3.37. The SMILES string of the molecule is C[C@@H]1[C@H](C=O)C[C@H]2C[C@H]1C2(C)C. The molecule has 4 atom stereocenters. The molecule has 0 aromatic rings. The minimum atomic E-state index is 0.363. The van der Waals surface area contributed by atoms with Crippen LogP contribution in [-0.2, 0) is 4.79 Å². The van der Waals surface area contributed by atoms with Crippen LogP contribution in [0.25, 0.3) is 0 Å². The van der Waals surface area contributed by atoms with Crippen molar-refractivity contribution in [3.05, 3.63) is 0 Å². The molecule has 0 heterocycles. The monoisotopic (exact) mass is 166 g/mol. The van der Waals surface area contributed by atoms with Crippen molar-refractivity contribution in [2.75, 3.05) is 0 Å². The Hall–Kier alpha value is -0.330. The van der Waals surface area contributed by atoms with Gasteiger partial charge in [-0.2, -0.15) is 0 Å². The molecule has 68 valence electrons. The number of carbonyl (C=O) groups is 1. The van der Waals surface area contributed by atoms with Gasteiger partial charge in [0.25, 0.3) is 0 Å². The van der Waals surface area contributed by atoms with E-state index in [1.807, 2.05) is 0 Å². The first kappa shape index (κ1) is 8.28. The zero-order chi connectivity index (χ0) is 8.93. The van der Waals surface area contributed by atoms with Gasteiger partial charge in [0.05, 0.1) is 0 Å². The van der Waals surface area contributed by atoms with E-state index in [0.717, 1.165) is 18.3 Å². The summed E-state index contributed by atoms with van der Waals surface area (Å²) in [4.78, 5) is 10.7. The molecule has 0 saturated heterocycles. The van der Waals surface area contributed by atoms with Gasteiger partial charge in [0.1, 0.15) is 6.29 Å². The first-order valence-electron chi connectivity index (χ1n) is 5.02. The Balaban J connectivity index is 2.16. The molecule has 0 N–H and O–H groups in total. The molecule has 12 heavy (non-hydrogen) atoms. The van der Waals surface area contributed by atoms with Gasteiger partial charge < -0.3 is 4.79 Å². The van der Waals surface area contributed by atoms with Crippen molar-refractivity contribution in [2.45, 2.75) is 33.6 Å². The zero-order valence-electron chi connectivity index (χ0n) is 8.21. The molecule has 1 heteroatoms. The lowest BCUT2D eigenvalue weighted by Gasteiger charge is -2.61. The van der Waals surface area contributed by atoms with Crippen LogP contribution in [0.3, 0.4) is 0 Å². The summed E-state index contributed by atoms with van der Waals surface area (Å²) >= 11 is 0. The van der Waals surface area contributed by atoms with Gasteiger partial charge in [0, 0.05) is 5.92 Å². The fraction of sp³-hybridized carbons (Fsp3) is 0.909. The molecular formula is C11H18O. The van der Waals surface area contributed by atoms with Crippen LogP contribution in [0.2, 0.25) is 0 Å². The van der Waals surface area contributed by atoms with Crippen LogP contribution in [-0.4, -0.2) is 6.29 Å². The maximum atomic E-state index is 10.7. The highest BCUT2D eigenvalue weighted by molar-refractivity contribution is 5.55. The van der Waals surface area contributed by atoms with Gasteiger partial charge in [0.2, 0.25) is 0 Å². The maximum Gasteiger partial charge on any atom is 0.123 e. The Morgan fingerprint density at radius 2 is 2.00 bits per heavy atom. The Labute approximate surface area is 74.5 Å². The molecule has 1 nitrogen and oxygen atoms in total. The third-order valence-electron chi connectivity index (χ3n) is 4.59. The predicted octanol–water partition coefficient (Wildman–Crippen LogP) is 2.50. The highest BCUT2D eigenvalue weighted by Crippen LogP contribution is 2.62. The second-order valence-corrected chi connectivity index (χ2v) is 5.26. The van der Waals surface area contributed by atoms with E-state index < -0.39 is 0 Å². The van der Waals surface area contributed by atoms with Gasteiger partial charge in [-0.1, -0.05) is 20.8 Å². The summed E-state index contributed by atoms with van der Waals surface area (Å²) in [5.41, 5.74) is 0.527. The second kappa shape index (κ2) is 2.34. The molecule has 0 spiro atoms. The summed E-state index contributed by atoms with van der Waals surface area (Å²) < 4.78 is 0. The van der Waals surface area contributed by atoms with Crippen LogP contribution in [0.4, 0.5) is 0 Å². The zero-order valence-corrected chi connectivity index (χ0v) is 8.21. The van der Waals surface area contributed by atoms with Gasteiger partial charge in [-0.05, 0) is 36.0 Å². The van der Waals surface area contributed by atoms with Gasteiger partial charge >= 0.3 is 0 Å². The number of carbonyl (C=O) groups excluding carboxylic acids is 1. The molecule has 0 aliphatic heterocycles. The van der Waals surface area contributed by atoms with Crippen LogP contribution in [0.5, 0.6) is 0 Å². The molecule has 0 amide bonds. The molecule has 3 aliphatic carbocycles. The lowest BCUT2D eigenvalue weighted by atomic mass is 9.44. The first-order chi connectivity index (χ1) is 5.57. The number of rotatable bonds is 1. The Morgan fingerprint density at radius 1 is 1.33 bits per heavy atom. The second-order valence-electron chi connectivity index (χ2n) is 5.26. The summed E-state index contributed by atoms with van der Waals surface area (Å²) in [6.45, 7) is 6.98. The predicted molar refractivity (Wildman–Crippen MR) is 48.7 cm³/mol. The fourth-order valence-electron chi connectivity index (χ4n) is 3.37. The van der Waals surface area contributed by atoms with E-state index in [1.165, 1.54) is 12.7 Å². The van der Waals surface area contributed by atoms with Crippen LogP contribution in [0.1, 0.15) is 33.6 Å². The summed E-state index contributed by atoms with van der Waals surface area (Å²) in [7, 11) is 0. The molecule has 0 radical (unpaired) electrons. The number of fused-ring (bicyclic) bond motifs is 2. The smallest absolute Gasteiger partial charge is 0.123 e. The quantitative estimate of drug-likeness (QED) is 0.547. The largest absolute Gasteiger partial charge is 0.303 e. The van der Waals surface area contributed by atoms with Gasteiger partial charge in [-0.25, -0.2) is 0 Å². The van der Waals surface area contributed by atoms with Crippen LogP contribution in [0.15, 0.2) is 0 Å². The summed E-state index contributed by atoms with van der Waals surface area (Å²) in [5, 5.41) is 0. The third kappa shape index (κ3) is 0.826. The van der Waals surface area contributed by atoms with E-state index in [9.17, 15) is 4.79 Å². The van der Waals surface area contributed by atoms with Gasteiger partial charge in [-0.3, -0.25) is 0 Å². The highest BCUT2D eigenvalue weighted by Gasteiger charge is 2.55. The molecule has 0 aromatic heterocycles. The van der Waals surface area contributed by atoms with Crippen molar-refractivity contribution in [2.24, 2.45) is 29.1 Å². The first-order valence-corrected chi connectivity index (χ1v) is 5.02. The van der Waals surface area contributed by atoms with Crippen LogP contribution < -0.4 is 0 Å². The highest BCUT2D eigenvalue weighted by atomic mass is 16.1. The van der Waals surface area contributed by atoms with Crippen molar-refractivity contribution < 1.29 is 4.79 Å². The number of hydrogen-bond donors (Lipinski definition) is 0. The van der Waals surface area contributed by atoms with E-state index >= 15 is 0 Å². The summed E-state index contributed by atoms with van der Waals surface area (Å²) in [6, 6.07) is 0. The Kier molecular flexibility index (Phi) is 1.61. The minimum Gasteiger partial charge on any atom is -0.303 e. The van der Waals surface area contributed by atoms with Crippen LogP contribution >= 0.6 is 0 Å². The molecule has 3 rings (SSSR count). The molecule has 3 fully saturated rings. The van der Waals surface area contributed by atoms with E-state index in [4.69, 9.17) is 0 Å². The van der Waals surface area contributed by atoms with Crippen molar-refractivity contribution in [1.29, 1.82) is 0 Å². The summed E-state index contributed by atoms with van der Waals surface area (Å²) in [6.07, 6.45) is 3.70. The topological polar surface area (TPSA) is 17.1 Å². The van der Waals surface area contributed by atoms with Crippen molar-refractivity contribution in [1.82, 2.24) is 0 Å². The standard InChI is InChI=1S/C11H18O/c1-7-8(6-12)4-9-5-10(7)11(9,2)3/h6-10H,4-5H2,1-3H3/t7-,8+,9+,10-/m1/s1. The molecular weight excluding hydrogens is 148 g/mol. The minimum absolute atomic E-state index is 0.363. The maximum absolute atomic E-state index is 10.7. The van der Waals surface area contributed by atoms with Crippen molar-refractivity contribution in [3.63, 3.8) is 0 Å². The average Bonchev–Trinajstić information content (AvgIpc) is 2.03. The number of aldehydes is 1. The van der Waals surface area contributed by atoms with Gasteiger partial charge in [-0.15, -0.1) is 0 Å². The third-order valence-corrected chi connectivity index (χ3v) is 4.59. The van der Waals surface area contributed by atoms with Gasteiger partial charge in [0.15, 0.2) is 0 Å². The molecule has 0 unspecified atom stereocenters. The Morgan fingerprint density at radius 3 is 2.42 bits per heavy atom. The number of hydrogen-bond acceptors (Lipinski definition) is 1. The van der Waals surface area contributed by atoms with Crippen molar-refractivity contribution in [3.8, 4) is 0 Å². The average molecular weight is 166 g/mol. The van der Waals surface area contributed by atoms with E-state index in [-0.39, 0.29) is 0 Å². The summed E-state index contributed by atoms with van der Waals surface area (Å²) in [5.74, 6) is 2.63. The lowest BCUT2D eigenvalue weighted by Crippen LogP contribution is -2.55. The molecule has 3 aliphatic rings. The van der Waals surface area contributed by atoms with Crippen LogP contribution in [0, 0.1) is 29.1 Å². The molecule has 2 bridgehead atoms. The molecule has 3 saturated carbocycles. The lowest BCUT2D eigenvalue weighted by molar-refractivity contribution is -0.142. The van der Waals surface area contributed by atoms with E-state index in [2.05, 4.69) is 20.8 Å². The van der Waals surface area contributed by atoms with E-state index in [0.29, 0.717) is 17.3 Å². The normalized spacial score (nSPS) is 49.6.